The van der Waals surface area contributed by atoms with Crippen LogP contribution in [-0.2, 0) is 22.6 Å². The van der Waals surface area contributed by atoms with Gasteiger partial charge in [-0.2, -0.15) is 0 Å². The van der Waals surface area contributed by atoms with E-state index in [-0.39, 0.29) is 18.1 Å². The summed E-state index contributed by atoms with van der Waals surface area (Å²) in [6.45, 7) is 5.86. The molecule has 0 unspecified atom stereocenters. The molecule has 26 heavy (non-hydrogen) atoms. The molecule has 0 spiro atoms. The molecule has 0 saturated carbocycles. The standard InChI is InChI=1S/C21H26N2O3/c1-21(2,3)23-19(24)18(14-16-10-6-4-7-11-16)22-20(25)26-15-17-12-8-5-9-13-17/h4-13,18H,14-15H2,1-3H3,(H,22,25)(H,23,24)/t18-/m0/s1. The van der Waals surface area contributed by atoms with Crippen LogP contribution < -0.4 is 10.6 Å². The smallest absolute Gasteiger partial charge is 0.408 e. The van der Waals surface area contributed by atoms with Crippen LogP contribution in [0.5, 0.6) is 0 Å². The van der Waals surface area contributed by atoms with Gasteiger partial charge >= 0.3 is 6.09 Å². The van der Waals surface area contributed by atoms with Crippen molar-refractivity contribution in [3.05, 3.63) is 71.8 Å². The zero-order valence-corrected chi connectivity index (χ0v) is 15.5. The number of hydrogen-bond acceptors (Lipinski definition) is 3. The fourth-order valence-corrected chi connectivity index (χ4v) is 2.42. The van der Waals surface area contributed by atoms with E-state index >= 15 is 0 Å². The SMILES string of the molecule is CC(C)(C)NC(=O)[C@H](Cc1ccccc1)NC(=O)OCc1ccccc1. The van der Waals surface area contributed by atoms with Crippen molar-refractivity contribution in [1.29, 1.82) is 0 Å². The summed E-state index contributed by atoms with van der Waals surface area (Å²) in [7, 11) is 0. The Morgan fingerprint density at radius 2 is 1.46 bits per heavy atom. The molecule has 2 aromatic carbocycles. The highest BCUT2D eigenvalue weighted by Crippen LogP contribution is 2.07. The van der Waals surface area contributed by atoms with Gasteiger partial charge < -0.3 is 15.4 Å². The maximum Gasteiger partial charge on any atom is 0.408 e. The molecule has 2 N–H and O–H groups in total. The van der Waals surface area contributed by atoms with Crippen molar-refractivity contribution >= 4 is 12.0 Å². The lowest BCUT2D eigenvalue weighted by molar-refractivity contribution is -0.124. The molecule has 0 heterocycles. The van der Waals surface area contributed by atoms with E-state index in [0.29, 0.717) is 6.42 Å². The van der Waals surface area contributed by atoms with Crippen LogP contribution in [0.2, 0.25) is 0 Å². The van der Waals surface area contributed by atoms with Crippen molar-refractivity contribution in [2.45, 2.75) is 45.4 Å². The lowest BCUT2D eigenvalue weighted by Crippen LogP contribution is -2.53. The number of ether oxygens (including phenoxy) is 1. The first-order chi connectivity index (χ1) is 12.3. The molecule has 0 saturated heterocycles. The molecule has 0 radical (unpaired) electrons. The van der Waals surface area contributed by atoms with Crippen LogP contribution in [0.3, 0.4) is 0 Å². The topological polar surface area (TPSA) is 67.4 Å². The van der Waals surface area contributed by atoms with Crippen LogP contribution in [0.25, 0.3) is 0 Å². The summed E-state index contributed by atoms with van der Waals surface area (Å²) < 4.78 is 5.25. The normalized spacial score (nSPS) is 12.1. The molecule has 0 aromatic heterocycles. The average molecular weight is 354 g/mol. The number of alkyl carbamates (subject to hydrolysis) is 1. The number of carbonyl (C=O) groups is 2. The third-order valence-electron chi connectivity index (χ3n) is 3.60. The molecule has 2 aromatic rings. The zero-order chi connectivity index (χ0) is 19.0. The van der Waals surface area contributed by atoms with Crippen LogP contribution in [0.4, 0.5) is 4.79 Å². The van der Waals surface area contributed by atoms with Gasteiger partial charge in [0.05, 0.1) is 0 Å². The van der Waals surface area contributed by atoms with E-state index < -0.39 is 12.1 Å². The van der Waals surface area contributed by atoms with Gasteiger partial charge in [-0.1, -0.05) is 60.7 Å². The van der Waals surface area contributed by atoms with Gasteiger partial charge in [-0.3, -0.25) is 4.79 Å². The minimum Gasteiger partial charge on any atom is -0.445 e. The summed E-state index contributed by atoms with van der Waals surface area (Å²) in [5.41, 5.74) is 1.47. The molecule has 138 valence electrons. The summed E-state index contributed by atoms with van der Waals surface area (Å²) in [4.78, 5) is 24.8. The van der Waals surface area contributed by atoms with E-state index in [1.807, 2.05) is 81.4 Å². The van der Waals surface area contributed by atoms with Crippen molar-refractivity contribution in [3.8, 4) is 0 Å². The largest absolute Gasteiger partial charge is 0.445 e. The first-order valence-electron chi connectivity index (χ1n) is 8.67. The van der Waals surface area contributed by atoms with Crippen LogP contribution in [-0.4, -0.2) is 23.6 Å². The maximum atomic E-state index is 12.6. The Morgan fingerprint density at radius 3 is 2.00 bits per heavy atom. The molecule has 2 amide bonds. The first-order valence-corrected chi connectivity index (χ1v) is 8.67. The van der Waals surface area contributed by atoms with Gasteiger partial charge in [-0.05, 0) is 31.9 Å². The Kier molecular flexibility index (Phi) is 6.78. The highest BCUT2D eigenvalue weighted by atomic mass is 16.5. The van der Waals surface area contributed by atoms with Gasteiger partial charge in [0.25, 0.3) is 0 Å². The number of hydrogen-bond donors (Lipinski definition) is 2. The summed E-state index contributed by atoms with van der Waals surface area (Å²) in [5.74, 6) is -0.238. The fourth-order valence-electron chi connectivity index (χ4n) is 2.42. The molecule has 0 aliphatic carbocycles. The van der Waals surface area contributed by atoms with Crippen molar-refractivity contribution in [2.75, 3.05) is 0 Å². The molecule has 1 atom stereocenters. The number of carbonyl (C=O) groups excluding carboxylic acids is 2. The Labute approximate surface area is 154 Å². The number of amides is 2. The second-order valence-corrected chi connectivity index (χ2v) is 7.19. The second-order valence-electron chi connectivity index (χ2n) is 7.19. The molecular weight excluding hydrogens is 328 g/mol. The Hall–Kier alpha value is -2.82. The number of benzene rings is 2. The molecule has 0 bridgehead atoms. The first kappa shape index (κ1) is 19.5. The highest BCUT2D eigenvalue weighted by molar-refractivity contribution is 5.86. The molecule has 0 aliphatic heterocycles. The van der Waals surface area contributed by atoms with Gasteiger partial charge in [0.1, 0.15) is 12.6 Å². The Balaban J connectivity index is 2.00. The van der Waals surface area contributed by atoms with Gasteiger partial charge in [0.15, 0.2) is 0 Å². The van der Waals surface area contributed by atoms with E-state index in [2.05, 4.69) is 10.6 Å². The molecule has 5 heteroatoms. The second kappa shape index (κ2) is 9.04. The molecule has 5 nitrogen and oxygen atoms in total. The summed E-state index contributed by atoms with van der Waals surface area (Å²) in [5, 5.41) is 5.59. The zero-order valence-electron chi connectivity index (χ0n) is 15.5. The summed E-state index contributed by atoms with van der Waals surface area (Å²) in [6.07, 6.45) is -0.220. The lowest BCUT2D eigenvalue weighted by atomic mass is 10.0. The highest BCUT2D eigenvalue weighted by Gasteiger charge is 2.25. The Morgan fingerprint density at radius 1 is 0.923 bits per heavy atom. The van der Waals surface area contributed by atoms with E-state index in [9.17, 15) is 9.59 Å². The minimum absolute atomic E-state index is 0.158. The van der Waals surface area contributed by atoms with Gasteiger partial charge in [-0.15, -0.1) is 0 Å². The van der Waals surface area contributed by atoms with E-state index in [4.69, 9.17) is 4.74 Å². The van der Waals surface area contributed by atoms with Crippen LogP contribution in [0.15, 0.2) is 60.7 Å². The van der Waals surface area contributed by atoms with Gasteiger partial charge in [0, 0.05) is 12.0 Å². The minimum atomic E-state index is -0.708. The average Bonchev–Trinajstić information content (AvgIpc) is 2.60. The van der Waals surface area contributed by atoms with Crippen LogP contribution >= 0.6 is 0 Å². The third kappa shape index (κ3) is 6.97. The Bertz CT molecular complexity index is 709. The maximum absolute atomic E-state index is 12.6. The third-order valence-corrected chi connectivity index (χ3v) is 3.60. The molecular formula is C21H26N2O3. The van der Waals surface area contributed by atoms with Gasteiger partial charge in [-0.25, -0.2) is 4.79 Å². The van der Waals surface area contributed by atoms with E-state index in [0.717, 1.165) is 11.1 Å². The number of nitrogens with one attached hydrogen (secondary N) is 2. The predicted molar refractivity (Wildman–Crippen MR) is 102 cm³/mol. The number of rotatable bonds is 6. The lowest BCUT2D eigenvalue weighted by Gasteiger charge is -2.25. The quantitative estimate of drug-likeness (QED) is 0.835. The van der Waals surface area contributed by atoms with Gasteiger partial charge in [0.2, 0.25) is 5.91 Å². The van der Waals surface area contributed by atoms with Crippen molar-refractivity contribution in [2.24, 2.45) is 0 Å². The van der Waals surface area contributed by atoms with Crippen LogP contribution in [0, 0.1) is 0 Å². The fraction of sp³-hybridized carbons (Fsp3) is 0.333. The van der Waals surface area contributed by atoms with Crippen molar-refractivity contribution < 1.29 is 14.3 Å². The predicted octanol–water partition coefficient (Wildman–Crippen LogP) is 3.44. The summed E-state index contributed by atoms with van der Waals surface area (Å²) >= 11 is 0. The monoisotopic (exact) mass is 354 g/mol. The van der Waals surface area contributed by atoms with Crippen molar-refractivity contribution in [3.63, 3.8) is 0 Å². The van der Waals surface area contributed by atoms with E-state index in [1.165, 1.54) is 0 Å². The molecule has 0 aliphatic rings. The molecule has 2 rings (SSSR count). The van der Waals surface area contributed by atoms with Crippen molar-refractivity contribution in [1.82, 2.24) is 10.6 Å². The molecule has 0 fully saturated rings. The van der Waals surface area contributed by atoms with E-state index in [1.54, 1.807) is 0 Å². The van der Waals surface area contributed by atoms with Crippen LogP contribution in [0.1, 0.15) is 31.9 Å². The summed E-state index contributed by atoms with van der Waals surface area (Å²) in [6, 6.07) is 18.3.